The van der Waals surface area contributed by atoms with Gasteiger partial charge in [0, 0.05) is 61.0 Å². The quantitative estimate of drug-likeness (QED) is 0.150. The van der Waals surface area contributed by atoms with Crippen molar-refractivity contribution in [1.29, 1.82) is 0 Å². The monoisotopic (exact) mass is 880 g/mol. The minimum absolute atomic E-state index is 0.387. The minimum Gasteiger partial charge on any atom is -0.455 e. The van der Waals surface area contributed by atoms with Gasteiger partial charge in [0.25, 0.3) is 0 Å². The Morgan fingerprint density at radius 3 is 0.912 bits per heavy atom. The van der Waals surface area contributed by atoms with Crippen molar-refractivity contribution in [3.05, 3.63) is 215 Å². The number of fused-ring (bicyclic) bond motifs is 2. The number of nitrogens with zero attached hydrogens (tertiary/aromatic N) is 6. The average Bonchev–Trinajstić information content (AvgIpc) is 3.36. The van der Waals surface area contributed by atoms with Gasteiger partial charge in [0.05, 0.1) is 0 Å². The van der Waals surface area contributed by atoms with Gasteiger partial charge in [-0.3, -0.25) is 0 Å². The number of rotatable bonds is 8. The summed E-state index contributed by atoms with van der Waals surface area (Å²) in [6.45, 7) is 12.9. The third-order valence-electron chi connectivity index (χ3n) is 13.3. The molecule has 0 spiro atoms. The summed E-state index contributed by atoms with van der Waals surface area (Å²) in [4.78, 5) is 30.6. The van der Waals surface area contributed by atoms with Gasteiger partial charge in [-0.1, -0.05) is 184 Å². The molecule has 10 aromatic rings. The van der Waals surface area contributed by atoms with E-state index >= 15 is 0 Å². The Labute approximate surface area is 397 Å². The lowest BCUT2D eigenvalue weighted by molar-refractivity contribution is 0.421. The standard InChI is InChI=1S/C61H48N6O/c1-37-19-7-11-27-45(37)57-62-55(63-58(66-57)46-28-12-8-20-38(46)2)43-25-15-23-41(35-43)49-31-17-33-51-53(49)68-54-50(32-18-34-52(54)61(51,5)6)42-24-16-26-44(36-42)56-64-59(47-29-13-9-21-39(47)3)67-60(65-56)48-30-14-10-22-40(48)4/h7-36H,1-6H3. The second-order valence-corrected chi connectivity index (χ2v) is 18.1. The van der Waals surface area contributed by atoms with Crippen LogP contribution >= 0.6 is 0 Å². The number of para-hydroxylation sites is 2. The fraction of sp³-hybridized carbons (Fsp3) is 0.115. The molecular formula is C61H48N6O. The molecule has 0 fully saturated rings. The van der Waals surface area contributed by atoms with Gasteiger partial charge < -0.3 is 4.74 Å². The SMILES string of the molecule is Cc1ccccc1-c1nc(-c2cccc(-c3cccc4c3Oc3c(-c5cccc(-c6nc(-c7ccccc7C)nc(-c7ccccc7C)n6)c5)cccc3C4(C)C)c2)nc(-c2ccccc2C)n1. The van der Waals surface area contributed by atoms with Crippen molar-refractivity contribution in [3.8, 4) is 102 Å². The molecule has 0 atom stereocenters. The van der Waals surface area contributed by atoms with Crippen molar-refractivity contribution in [1.82, 2.24) is 29.9 Å². The molecule has 68 heavy (non-hydrogen) atoms. The first kappa shape index (κ1) is 42.2. The highest BCUT2D eigenvalue weighted by atomic mass is 16.5. The first-order chi connectivity index (χ1) is 33.1. The van der Waals surface area contributed by atoms with Crippen LogP contribution in [0.15, 0.2) is 182 Å². The molecule has 11 rings (SSSR count). The molecule has 3 heterocycles. The largest absolute Gasteiger partial charge is 0.455 e. The number of benzene rings is 8. The van der Waals surface area contributed by atoms with Gasteiger partial charge in [-0.2, -0.15) is 0 Å². The summed E-state index contributed by atoms with van der Waals surface area (Å²) < 4.78 is 7.25. The first-order valence-corrected chi connectivity index (χ1v) is 23.0. The molecule has 0 unspecified atom stereocenters. The van der Waals surface area contributed by atoms with Crippen LogP contribution < -0.4 is 4.74 Å². The molecular weight excluding hydrogens is 833 g/mol. The molecule has 0 bridgehead atoms. The number of aryl methyl sites for hydroxylation is 4. The Morgan fingerprint density at radius 2 is 0.574 bits per heavy atom. The van der Waals surface area contributed by atoms with Crippen molar-refractivity contribution in [3.63, 3.8) is 0 Å². The van der Waals surface area contributed by atoms with Crippen LogP contribution in [0.25, 0.3) is 90.6 Å². The number of aromatic nitrogens is 6. The highest BCUT2D eigenvalue weighted by Crippen LogP contribution is 2.54. The van der Waals surface area contributed by atoms with Gasteiger partial charge in [-0.25, -0.2) is 29.9 Å². The zero-order valence-electron chi connectivity index (χ0n) is 38.9. The van der Waals surface area contributed by atoms with Crippen molar-refractivity contribution in [2.45, 2.75) is 47.0 Å². The van der Waals surface area contributed by atoms with Gasteiger partial charge in [0.15, 0.2) is 34.9 Å². The molecule has 2 aromatic heterocycles. The third-order valence-corrected chi connectivity index (χ3v) is 13.3. The smallest absolute Gasteiger partial charge is 0.164 e. The lowest BCUT2D eigenvalue weighted by Gasteiger charge is -2.36. The molecule has 0 radical (unpaired) electrons. The van der Waals surface area contributed by atoms with E-state index in [1.54, 1.807) is 0 Å². The Kier molecular flexibility index (Phi) is 10.6. The van der Waals surface area contributed by atoms with E-state index in [0.717, 1.165) is 101 Å². The molecule has 328 valence electrons. The molecule has 1 aliphatic rings. The predicted molar refractivity (Wildman–Crippen MR) is 274 cm³/mol. The van der Waals surface area contributed by atoms with E-state index in [4.69, 9.17) is 34.6 Å². The lowest BCUT2D eigenvalue weighted by Crippen LogP contribution is -2.25. The molecule has 7 heteroatoms. The van der Waals surface area contributed by atoms with Crippen molar-refractivity contribution < 1.29 is 4.74 Å². The van der Waals surface area contributed by atoms with Crippen LogP contribution in [0.4, 0.5) is 0 Å². The van der Waals surface area contributed by atoms with Crippen LogP contribution in [0.5, 0.6) is 11.5 Å². The zero-order valence-corrected chi connectivity index (χ0v) is 38.9. The van der Waals surface area contributed by atoms with Crippen LogP contribution in [0, 0.1) is 27.7 Å². The zero-order chi connectivity index (χ0) is 46.5. The maximum atomic E-state index is 7.25. The highest BCUT2D eigenvalue weighted by Gasteiger charge is 2.37. The number of hydrogen-bond donors (Lipinski definition) is 0. The first-order valence-electron chi connectivity index (χ1n) is 23.0. The summed E-state index contributed by atoms with van der Waals surface area (Å²) in [5.41, 5.74) is 15.9. The lowest BCUT2D eigenvalue weighted by atomic mass is 9.74. The van der Waals surface area contributed by atoms with E-state index in [2.05, 4.69) is 175 Å². The second-order valence-electron chi connectivity index (χ2n) is 18.1. The van der Waals surface area contributed by atoms with Crippen LogP contribution in [-0.2, 0) is 5.41 Å². The van der Waals surface area contributed by atoms with Gasteiger partial charge in [0.1, 0.15) is 11.5 Å². The fourth-order valence-electron chi connectivity index (χ4n) is 9.42. The Bertz CT molecular complexity index is 3230. The van der Waals surface area contributed by atoms with Crippen molar-refractivity contribution in [2.75, 3.05) is 0 Å². The Balaban J connectivity index is 1.01. The maximum Gasteiger partial charge on any atom is 0.164 e. The number of hydrogen-bond acceptors (Lipinski definition) is 7. The van der Waals surface area contributed by atoms with Crippen LogP contribution in [0.2, 0.25) is 0 Å². The number of ether oxygens (including phenoxy) is 1. The van der Waals surface area contributed by atoms with E-state index < -0.39 is 0 Å². The average molecular weight is 881 g/mol. The van der Waals surface area contributed by atoms with Gasteiger partial charge >= 0.3 is 0 Å². The van der Waals surface area contributed by atoms with Gasteiger partial charge in [-0.05, 0) is 73.2 Å². The van der Waals surface area contributed by atoms with Crippen LogP contribution in [-0.4, -0.2) is 29.9 Å². The molecule has 1 aliphatic heterocycles. The van der Waals surface area contributed by atoms with E-state index in [9.17, 15) is 0 Å². The summed E-state index contributed by atoms with van der Waals surface area (Å²) in [6, 6.07) is 62.7. The molecule has 7 nitrogen and oxygen atoms in total. The van der Waals surface area contributed by atoms with Gasteiger partial charge in [-0.15, -0.1) is 0 Å². The Hall–Kier alpha value is -8.42. The van der Waals surface area contributed by atoms with Crippen molar-refractivity contribution >= 4 is 0 Å². The third kappa shape index (κ3) is 7.62. The van der Waals surface area contributed by atoms with Crippen LogP contribution in [0.3, 0.4) is 0 Å². The van der Waals surface area contributed by atoms with E-state index in [1.807, 2.05) is 48.5 Å². The summed E-state index contributed by atoms with van der Waals surface area (Å²) in [5.74, 6) is 5.42. The summed E-state index contributed by atoms with van der Waals surface area (Å²) in [5, 5.41) is 0. The van der Waals surface area contributed by atoms with Crippen LogP contribution in [0.1, 0.15) is 47.2 Å². The van der Waals surface area contributed by atoms with E-state index in [-0.39, 0.29) is 5.41 Å². The minimum atomic E-state index is -0.387. The summed E-state index contributed by atoms with van der Waals surface area (Å²) in [7, 11) is 0. The highest BCUT2D eigenvalue weighted by molar-refractivity contribution is 5.84. The maximum absolute atomic E-state index is 7.25. The molecule has 8 aromatic carbocycles. The predicted octanol–water partition coefficient (Wildman–Crippen LogP) is 15.1. The molecule has 0 saturated heterocycles. The molecule has 0 saturated carbocycles. The van der Waals surface area contributed by atoms with Crippen molar-refractivity contribution in [2.24, 2.45) is 0 Å². The fourth-order valence-corrected chi connectivity index (χ4v) is 9.42. The van der Waals surface area contributed by atoms with Gasteiger partial charge in [0.2, 0.25) is 0 Å². The molecule has 0 amide bonds. The topological polar surface area (TPSA) is 86.6 Å². The normalized spacial score (nSPS) is 12.5. The summed E-state index contributed by atoms with van der Waals surface area (Å²) >= 11 is 0. The summed E-state index contributed by atoms with van der Waals surface area (Å²) in [6.07, 6.45) is 0. The molecule has 0 N–H and O–H groups in total. The van der Waals surface area contributed by atoms with E-state index in [0.29, 0.717) is 34.9 Å². The second kappa shape index (κ2) is 17.1. The molecule has 0 aliphatic carbocycles. The Morgan fingerprint density at radius 1 is 0.294 bits per heavy atom. The van der Waals surface area contributed by atoms with E-state index in [1.165, 1.54) is 0 Å².